The monoisotopic (exact) mass is 503 g/mol. The highest BCUT2D eigenvalue weighted by Crippen LogP contribution is 2.35. The topological polar surface area (TPSA) is 101 Å². The Morgan fingerprint density at radius 3 is 2.79 bits per heavy atom. The molecule has 3 amide bonds. The van der Waals surface area contributed by atoms with Crippen molar-refractivity contribution in [3.63, 3.8) is 0 Å². The molecule has 1 aromatic carbocycles. The molecule has 1 atom stereocenters. The second kappa shape index (κ2) is 9.51. The molecule has 0 bridgehead atoms. The van der Waals surface area contributed by atoms with Gasteiger partial charge in [-0.05, 0) is 40.2 Å². The van der Waals surface area contributed by atoms with Crippen molar-refractivity contribution in [1.29, 1.82) is 0 Å². The summed E-state index contributed by atoms with van der Waals surface area (Å²) in [6.07, 6.45) is 1.58. The van der Waals surface area contributed by atoms with Gasteiger partial charge in [0.15, 0.2) is 12.4 Å². The Kier molecular flexibility index (Phi) is 7.05. The molecule has 0 radical (unpaired) electrons. The van der Waals surface area contributed by atoms with E-state index in [2.05, 4.69) is 26.8 Å². The second-order valence-corrected chi connectivity index (χ2v) is 7.98. The summed E-state index contributed by atoms with van der Waals surface area (Å²) < 4.78 is 11.1. The van der Waals surface area contributed by atoms with Crippen LogP contribution in [-0.4, -0.2) is 35.8 Å². The Morgan fingerprint density at radius 2 is 2.10 bits per heavy atom. The van der Waals surface area contributed by atoms with Crippen molar-refractivity contribution in [3.05, 3.63) is 50.8 Å². The van der Waals surface area contributed by atoms with Gasteiger partial charge in [-0.25, -0.2) is 0 Å². The highest BCUT2D eigenvalue weighted by Gasteiger charge is 2.34. The van der Waals surface area contributed by atoms with Gasteiger partial charge in [0.05, 0.1) is 28.2 Å². The van der Waals surface area contributed by atoms with E-state index in [0.717, 1.165) is 0 Å². The van der Waals surface area contributed by atoms with Crippen LogP contribution in [0.4, 0.5) is 0 Å². The normalized spacial score (nSPS) is 16.0. The second-order valence-electron chi connectivity index (χ2n) is 6.28. The van der Waals surface area contributed by atoms with E-state index in [1.54, 1.807) is 18.2 Å². The summed E-state index contributed by atoms with van der Waals surface area (Å²) in [5.41, 5.74) is 4.57. The van der Waals surface area contributed by atoms with Crippen LogP contribution in [0.3, 0.4) is 0 Å². The first-order chi connectivity index (χ1) is 13.8. The smallest absolute Gasteiger partial charge is 0.276 e. The Hall–Kier alpha value is -2.23. The lowest BCUT2D eigenvalue weighted by molar-refractivity contribution is -0.132. The lowest BCUT2D eigenvalue weighted by Gasteiger charge is -2.15. The van der Waals surface area contributed by atoms with Gasteiger partial charge in [0.25, 0.3) is 5.91 Å². The number of hydrogen-bond acceptors (Lipinski definition) is 5. The maximum atomic E-state index is 12.3. The summed E-state index contributed by atoms with van der Waals surface area (Å²) in [6, 6.07) is 6.54. The molecule has 2 aromatic rings. The average Bonchev–Trinajstić information content (AvgIpc) is 3.29. The number of likely N-dealkylation sites (tertiary alicyclic amines) is 1. The van der Waals surface area contributed by atoms with E-state index in [4.69, 9.17) is 32.4 Å². The maximum Gasteiger partial charge on any atom is 0.276 e. The summed E-state index contributed by atoms with van der Waals surface area (Å²) in [4.78, 5) is 37.8. The van der Waals surface area contributed by atoms with Crippen LogP contribution in [0.1, 0.15) is 12.2 Å². The number of ether oxygens (including phenoxy) is 1. The first-order valence-electron chi connectivity index (χ1n) is 8.49. The summed E-state index contributed by atoms with van der Waals surface area (Å²) in [7, 11) is 0. The van der Waals surface area contributed by atoms with Crippen LogP contribution in [0, 0.1) is 5.92 Å². The van der Waals surface area contributed by atoms with Crippen molar-refractivity contribution >= 4 is 56.9 Å². The van der Waals surface area contributed by atoms with Crippen molar-refractivity contribution in [3.8, 4) is 5.75 Å². The van der Waals surface area contributed by atoms with Gasteiger partial charge < -0.3 is 14.1 Å². The van der Waals surface area contributed by atoms with Crippen LogP contribution in [0.15, 0.2) is 39.4 Å². The molecule has 1 saturated heterocycles. The Morgan fingerprint density at radius 1 is 1.31 bits per heavy atom. The number of halogens is 3. The highest BCUT2D eigenvalue weighted by molar-refractivity contribution is 9.10. The zero-order chi connectivity index (χ0) is 21.0. The molecule has 3 rings (SSSR count). The summed E-state index contributed by atoms with van der Waals surface area (Å²) in [5, 5.41) is 0.653. The maximum absolute atomic E-state index is 12.3. The molecule has 0 spiro atoms. The molecule has 1 unspecified atom stereocenters. The SMILES string of the molecule is O=C(COc1c(Cl)cc(Cl)cc1Br)NNC(=O)C1CC(=O)N(Cc2ccco2)C1. The molecular formula is C18H16BrCl2N3O5. The number of nitrogens with zero attached hydrogens (tertiary/aromatic N) is 1. The first-order valence-corrected chi connectivity index (χ1v) is 10.0. The van der Waals surface area contributed by atoms with E-state index in [1.807, 2.05) is 0 Å². The van der Waals surface area contributed by atoms with Crippen molar-refractivity contribution < 1.29 is 23.5 Å². The Balaban J connectivity index is 1.44. The number of hydrazine groups is 1. The molecule has 0 aliphatic carbocycles. The predicted molar refractivity (Wildman–Crippen MR) is 108 cm³/mol. The highest BCUT2D eigenvalue weighted by atomic mass is 79.9. The minimum atomic E-state index is -0.590. The van der Waals surface area contributed by atoms with Crippen molar-refractivity contribution in [2.24, 2.45) is 5.92 Å². The fraction of sp³-hybridized carbons (Fsp3) is 0.278. The van der Waals surface area contributed by atoms with Gasteiger partial charge in [0.1, 0.15) is 5.76 Å². The minimum Gasteiger partial charge on any atom is -0.481 e. The molecule has 154 valence electrons. The van der Waals surface area contributed by atoms with Gasteiger partial charge in [-0.2, -0.15) is 0 Å². The van der Waals surface area contributed by atoms with Crippen molar-refractivity contribution in [2.75, 3.05) is 13.2 Å². The quantitative estimate of drug-likeness (QED) is 0.589. The van der Waals surface area contributed by atoms with Gasteiger partial charge in [0, 0.05) is 18.0 Å². The number of furan rings is 1. The Bertz CT molecular complexity index is 899. The number of amides is 3. The lowest BCUT2D eigenvalue weighted by Crippen LogP contribution is -2.46. The molecular weight excluding hydrogens is 489 g/mol. The summed E-state index contributed by atoms with van der Waals surface area (Å²) in [6.45, 7) is 0.159. The minimum absolute atomic E-state index is 0.0617. The average molecular weight is 505 g/mol. The molecule has 0 saturated carbocycles. The van der Waals surface area contributed by atoms with Gasteiger partial charge in [-0.3, -0.25) is 25.2 Å². The molecule has 1 aliphatic rings. The first kappa shape index (κ1) is 21.5. The van der Waals surface area contributed by atoms with Crippen molar-refractivity contribution in [1.82, 2.24) is 15.8 Å². The molecule has 2 N–H and O–H groups in total. The number of carbonyl (C=O) groups is 3. The fourth-order valence-electron chi connectivity index (χ4n) is 2.77. The van der Waals surface area contributed by atoms with E-state index >= 15 is 0 Å². The van der Waals surface area contributed by atoms with E-state index in [9.17, 15) is 14.4 Å². The molecule has 11 heteroatoms. The third-order valence-electron chi connectivity index (χ3n) is 4.15. The number of benzene rings is 1. The number of hydrogen-bond donors (Lipinski definition) is 2. The standard InChI is InChI=1S/C18H16BrCl2N3O5/c19-13-5-11(20)6-14(21)17(13)29-9-15(25)22-23-18(27)10-4-16(26)24(7-10)8-12-2-1-3-28-12/h1-3,5-6,10H,4,7-9H2,(H,22,25)(H,23,27). The summed E-state index contributed by atoms with van der Waals surface area (Å²) in [5.74, 6) is -0.881. The van der Waals surface area contributed by atoms with Gasteiger partial charge in [0.2, 0.25) is 11.8 Å². The number of nitrogens with one attached hydrogen (secondary N) is 2. The predicted octanol–water partition coefficient (Wildman–Crippen LogP) is 2.92. The molecule has 1 fully saturated rings. The van der Waals surface area contributed by atoms with E-state index in [-0.39, 0.29) is 36.3 Å². The zero-order valence-corrected chi connectivity index (χ0v) is 18.0. The van der Waals surface area contributed by atoms with E-state index in [0.29, 0.717) is 21.8 Å². The molecule has 1 aromatic heterocycles. The van der Waals surface area contributed by atoms with Gasteiger partial charge >= 0.3 is 0 Å². The molecule has 1 aliphatic heterocycles. The van der Waals surface area contributed by atoms with Crippen LogP contribution < -0.4 is 15.6 Å². The van der Waals surface area contributed by atoms with Gasteiger partial charge in [-0.15, -0.1) is 0 Å². The largest absolute Gasteiger partial charge is 0.481 e. The van der Waals surface area contributed by atoms with E-state index < -0.39 is 17.7 Å². The van der Waals surface area contributed by atoms with Crippen LogP contribution in [0.25, 0.3) is 0 Å². The molecule has 8 nitrogen and oxygen atoms in total. The zero-order valence-electron chi connectivity index (χ0n) is 14.9. The molecule has 2 heterocycles. The fourth-order valence-corrected chi connectivity index (χ4v) is 4.13. The van der Waals surface area contributed by atoms with Crippen LogP contribution in [0.2, 0.25) is 10.0 Å². The van der Waals surface area contributed by atoms with Crippen LogP contribution in [0.5, 0.6) is 5.75 Å². The van der Waals surface area contributed by atoms with E-state index in [1.165, 1.54) is 17.2 Å². The van der Waals surface area contributed by atoms with Gasteiger partial charge in [-0.1, -0.05) is 23.2 Å². The third kappa shape index (κ3) is 5.65. The lowest BCUT2D eigenvalue weighted by atomic mass is 10.1. The number of carbonyl (C=O) groups excluding carboxylic acids is 3. The van der Waals surface area contributed by atoms with Crippen LogP contribution >= 0.6 is 39.1 Å². The molecule has 29 heavy (non-hydrogen) atoms. The van der Waals surface area contributed by atoms with Crippen LogP contribution in [-0.2, 0) is 20.9 Å². The third-order valence-corrected chi connectivity index (χ3v) is 5.24. The number of rotatable bonds is 6. The Labute approximate surface area is 184 Å². The summed E-state index contributed by atoms with van der Waals surface area (Å²) >= 11 is 15.1. The van der Waals surface area contributed by atoms with Crippen molar-refractivity contribution in [2.45, 2.75) is 13.0 Å².